The van der Waals surface area contributed by atoms with Crippen LogP contribution in [0.5, 0.6) is 0 Å². The average molecular weight is 366 g/mol. The monoisotopic (exact) mass is 366 g/mol. The van der Waals surface area contributed by atoms with Crippen molar-refractivity contribution >= 4 is 11.8 Å². The van der Waals surface area contributed by atoms with Crippen LogP contribution in [0, 0.1) is 19.3 Å². The van der Waals surface area contributed by atoms with Gasteiger partial charge in [-0.2, -0.15) is 0 Å². The van der Waals surface area contributed by atoms with Gasteiger partial charge in [0.15, 0.2) is 5.76 Å². The summed E-state index contributed by atoms with van der Waals surface area (Å²) in [6.45, 7) is 6.49. The maximum absolute atomic E-state index is 13.3. The Labute approximate surface area is 159 Å². The van der Waals surface area contributed by atoms with Crippen LogP contribution >= 0.6 is 0 Å². The van der Waals surface area contributed by atoms with Gasteiger partial charge in [0.25, 0.3) is 5.91 Å². The SMILES string of the molecule is Cc1cccc(CN2CCC[C@@]3(CCN(C(=O)c4occc4C)C3)C2=O)c1. The number of amides is 2. The van der Waals surface area contributed by atoms with Crippen LogP contribution in [0.4, 0.5) is 0 Å². The molecule has 0 unspecified atom stereocenters. The Morgan fingerprint density at radius 1 is 1.19 bits per heavy atom. The lowest BCUT2D eigenvalue weighted by molar-refractivity contribution is -0.146. The Morgan fingerprint density at radius 2 is 2.04 bits per heavy atom. The zero-order valence-electron chi connectivity index (χ0n) is 16.0. The molecule has 2 aliphatic heterocycles. The molecular weight excluding hydrogens is 340 g/mol. The normalized spacial score (nSPS) is 22.7. The molecule has 142 valence electrons. The molecular formula is C22H26N2O3. The van der Waals surface area contributed by atoms with E-state index in [0.717, 1.165) is 36.9 Å². The predicted octanol–water partition coefficient (Wildman–Crippen LogP) is 3.55. The highest BCUT2D eigenvalue weighted by Gasteiger charge is 2.49. The van der Waals surface area contributed by atoms with E-state index in [2.05, 4.69) is 25.1 Å². The summed E-state index contributed by atoms with van der Waals surface area (Å²) in [4.78, 5) is 29.9. The minimum absolute atomic E-state index is 0.0991. The summed E-state index contributed by atoms with van der Waals surface area (Å²) >= 11 is 0. The lowest BCUT2D eigenvalue weighted by atomic mass is 9.78. The lowest BCUT2D eigenvalue weighted by Gasteiger charge is -2.39. The summed E-state index contributed by atoms with van der Waals surface area (Å²) < 4.78 is 5.37. The molecule has 0 saturated carbocycles. The van der Waals surface area contributed by atoms with Crippen LogP contribution in [0.15, 0.2) is 41.0 Å². The molecule has 3 heterocycles. The number of rotatable bonds is 3. The van der Waals surface area contributed by atoms with E-state index in [1.54, 1.807) is 17.2 Å². The number of aryl methyl sites for hydroxylation is 2. The second-order valence-electron chi connectivity index (χ2n) is 8.01. The van der Waals surface area contributed by atoms with Crippen molar-refractivity contribution in [3.8, 4) is 0 Å². The van der Waals surface area contributed by atoms with E-state index in [1.165, 1.54) is 5.56 Å². The molecule has 27 heavy (non-hydrogen) atoms. The van der Waals surface area contributed by atoms with E-state index in [0.29, 0.717) is 25.4 Å². The van der Waals surface area contributed by atoms with Gasteiger partial charge in [0.1, 0.15) is 0 Å². The van der Waals surface area contributed by atoms with Crippen molar-refractivity contribution in [1.82, 2.24) is 9.80 Å². The first kappa shape index (κ1) is 17.8. The molecule has 0 N–H and O–H groups in total. The van der Waals surface area contributed by atoms with E-state index < -0.39 is 5.41 Å². The first-order valence-corrected chi connectivity index (χ1v) is 9.67. The zero-order chi connectivity index (χ0) is 19.0. The number of nitrogens with zero attached hydrogens (tertiary/aromatic N) is 2. The fourth-order valence-corrected chi connectivity index (χ4v) is 4.49. The summed E-state index contributed by atoms with van der Waals surface area (Å²) in [5.74, 6) is 0.492. The molecule has 2 aromatic rings. The number of furan rings is 1. The summed E-state index contributed by atoms with van der Waals surface area (Å²) in [6, 6.07) is 10.1. The molecule has 2 aliphatic rings. The van der Waals surface area contributed by atoms with Crippen molar-refractivity contribution < 1.29 is 14.0 Å². The molecule has 0 bridgehead atoms. The summed E-state index contributed by atoms with van der Waals surface area (Å²) in [5, 5.41) is 0. The molecule has 0 aliphatic carbocycles. The maximum atomic E-state index is 13.3. The molecule has 2 fully saturated rings. The molecule has 1 atom stereocenters. The third-order valence-corrected chi connectivity index (χ3v) is 5.98. The molecule has 2 saturated heterocycles. The molecule has 1 aromatic carbocycles. The molecule has 5 nitrogen and oxygen atoms in total. The smallest absolute Gasteiger partial charge is 0.289 e. The first-order valence-electron chi connectivity index (χ1n) is 9.67. The number of carbonyl (C=O) groups excluding carboxylic acids is 2. The predicted molar refractivity (Wildman–Crippen MR) is 102 cm³/mol. The Bertz CT molecular complexity index is 872. The Kier molecular flexibility index (Phi) is 4.54. The van der Waals surface area contributed by atoms with Crippen molar-refractivity contribution in [2.45, 2.75) is 39.7 Å². The van der Waals surface area contributed by atoms with E-state index in [4.69, 9.17) is 4.42 Å². The van der Waals surface area contributed by atoms with Crippen molar-refractivity contribution in [3.05, 3.63) is 59.0 Å². The van der Waals surface area contributed by atoms with Crippen LogP contribution in [0.2, 0.25) is 0 Å². The van der Waals surface area contributed by atoms with Gasteiger partial charge in [0, 0.05) is 31.7 Å². The van der Waals surface area contributed by atoms with Crippen molar-refractivity contribution in [2.75, 3.05) is 19.6 Å². The molecule has 1 spiro atoms. The third kappa shape index (κ3) is 3.27. The molecule has 5 heteroatoms. The van der Waals surface area contributed by atoms with Crippen molar-refractivity contribution in [3.63, 3.8) is 0 Å². The van der Waals surface area contributed by atoms with Crippen LogP contribution < -0.4 is 0 Å². The summed E-state index contributed by atoms with van der Waals surface area (Å²) in [7, 11) is 0. The standard InChI is InChI=1S/C22H26N2O3/c1-16-5-3-6-18(13-16)14-23-10-4-8-22(21(23)26)9-11-24(15-22)20(25)19-17(2)7-12-27-19/h3,5-7,12-13H,4,8-11,14-15H2,1-2H3/t22-/m0/s1. The molecule has 1 aromatic heterocycles. The number of piperidine rings is 1. The van der Waals surface area contributed by atoms with Gasteiger partial charge < -0.3 is 14.2 Å². The van der Waals surface area contributed by atoms with Crippen LogP contribution in [0.25, 0.3) is 0 Å². The Balaban J connectivity index is 1.49. The molecule has 2 amide bonds. The van der Waals surface area contributed by atoms with Crippen LogP contribution in [-0.2, 0) is 11.3 Å². The highest BCUT2D eigenvalue weighted by molar-refractivity contribution is 5.94. The Hall–Kier alpha value is -2.56. The van der Waals surface area contributed by atoms with Gasteiger partial charge >= 0.3 is 0 Å². The fraction of sp³-hybridized carbons (Fsp3) is 0.455. The minimum Gasteiger partial charge on any atom is -0.459 e. The van der Waals surface area contributed by atoms with Gasteiger partial charge in [-0.3, -0.25) is 9.59 Å². The van der Waals surface area contributed by atoms with Gasteiger partial charge in [0.05, 0.1) is 11.7 Å². The van der Waals surface area contributed by atoms with Gasteiger partial charge in [-0.25, -0.2) is 0 Å². The number of likely N-dealkylation sites (tertiary alicyclic amines) is 2. The summed E-state index contributed by atoms with van der Waals surface area (Å²) in [5.41, 5.74) is 2.78. The molecule has 0 radical (unpaired) electrons. The maximum Gasteiger partial charge on any atom is 0.289 e. The van der Waals surface area contributed by atoms with E-state index in [1.807, 2.05) is 17.9 Å². The second kappa shape index (κ2) is 6.87. The zero-order valence-corrected chi connectivity index (χ0v) is 16.0. The van der Waals surface area contributed by atoms with Gasteiger partial charge in [-0.15, -0.1) is 0 Å². The molecule has 4 rings (SSSR count). The number of hydrogen-bond acceptors (Lipinski definition) is 3. The highest BCUT2D eigenvalue weighted by atomic mass is 16.3. The fourth-order valence-electron chi connectivity index (χ4n) is 4.49. The highest BCUT2D eigenvalue weighted by Crippen LogP contribution is 2.41. The Morgan fingerprint density at radius 3 is 2.78 bits per heavy atom. The second-order valence-corrected chi connectivity index (χ2v) is 8.01. The van der Waals surface area contributed by atoms with Crippen LogP contribution in [0.1, 0.15) is 46.5 Å². The topological polar surface area (TPSA) is 53.8 Å². The van der Waals surface area contributed by atoms with Gasteiger partial charge in [-0.05, 0) is 44.7 Å². The number of carbonyl (C=O) groups is 2. The van der Waals surface area contributed by atoms with E-state index >= 15 is 0 Å². The average Bonchev–Trinajstić information content (AvgIpc) is 3.26. The lowest BCUT2D eigenvalue weighted by Crippen LogP contribution is -2.50. The van der Waals surface area contributed by atoms with Crippen LogP contribution in [-0.4, -0.2) is 41.2 Å². The van der Waals surface area contributed by atoms with Crippen molar-refractivity contribution in [1.29, 1.82) is 0 Å². The minimum atomic E-state index is -0.432. The van der Waals surface area contributed by atoms with E-state index in [9.17, 15) is 9.59 Å². The quantitative estimate of drug-likeness (QED) is 0.835. The number of hydrogen-bond donors (Lipinski definition) is 0. The van der Waals surface area contributed by atoms with E-state index in [-0.39, 0.29) is 11.8 Å². The van der Waals surface area contributed by atoms with Crippen LogP contribution in [0.3, 0.4) is 0 Å². The third-order valence-electron chi connectivity index (χ3n) is 5.98. The first-order chi connectivity index (χ1) is 13.0. The van der Waals surface area contributed by atoms with Gasteiger partial charge in [-0.1, -0.05) is 29.8 Å². The summed E-state index contributed by atoms with van der Waals surface area (Å²) in [6.07, 6.45) is 4.13. The number of benzene rings is 1. The van der Waals surface area contributed by atoms with Crippen molar-refractivity contribution in [2.24, 2.45) is 5.41 Å². The van der Waals surface area contributed by atoms with Gasteiger partial charge in [0.2, 0.25) is 5.91 Å². The largest absolute Gasteiger partial charge is 0.459 e.